The van der Waals surface area contributed by atoms with Gasteiger partial charge in [-0.05, 0) is 6.42 Å². The second-order valence-corrected chi connectivity index (χ2v) is 3.60. The predicted molar refractivity (Wildman–Crippen MR) is 54.1 cm³/mol. The number of aliphatic hydroxyl groups is 1. The number of hydrogen-bond acceptors (Lipinski definition) is 3. The first-order chi connectivity index (χ1) is 6.86. The monoisotopic (exact) mass is 195 g/mol. The second-order valence-electron chi connectivity index (χ2n) is 3.60. The Labute approximate surface area is 83.9 Å². The minimum absolute atomic E-state index is 0.171. The van der Waals surface area contributed by atoms with Crippen LogP contribution < -0.4 is 5.32 Å². The third-order valence-electron chi connectivity index (χ3n) is 2.74. The summed E-state index contributed by atoms with van der Waals surface area (Å²) < 4.78 is 1.97. The molecule has 0 aliphatic carbocycles. The molecule has 14 heavy (non-hydrogen) atoms. The Bertz CT molecular complexity index is 319. The first kappa shape index (κ1) is 9.68. The summed E-state index contributed by atoms with van der Waals surface area (Å²) in [5, 5.41) is 16.8. The van der Waals surface area contributed by atoms with Crippen LogP contribution in [0.1, 0.15) is 23.9 Å². The fourth-order valence-electron chi connectivity index (χ4n) is 2.06. The maximum atomic E-state index is 8.93. The molecule has 0 amide bonds. The zero-order valence-corrected chi connectivity index (χ0v) is 8.58. The minimum Gasteiger partial charge on any atom is -0.394 e. The summed E-state index contributed by atoms with van der Waals surface area (Å²) in [6, 6.07) is 0. The molecule has 0 fully saturated rings. The van der Waals surface area contributed by atoms with E-state index in [1.54, 1.807) is 0 Å². The fraction of sp³-hybridized carbons (Fsp3) is 0.700. The number of hydrogen-bond donors (Lipinski definition) is 2. The topological polar surface area (TPSA) is 50.1 Å². The normalized spacial score (nSPS) is 15.6. The van der Waals surface area contributed by atoms with Crippen LogP contribution in [0.5, 0.6) is 0 Å². The molecule has 4 nitrogen and oxygen atoms in total. The second kappa shape index (κ2) is 4.11. The number of nitrogens with one attached hydrogen (secondary N) is 1. The number of aromatic nitrogens is 2. The molecular formula is C10H17N3O. The number of nitrogens with zero attached hydrogens (tertiary/aromatic N) is 2. The third kappa shape index (κ3) is 1.55. The highest BCUT2D eigenvalue weighted by atomic mass is 16.3. The van der Waals surface area contributed by atoms with Gasteiger partial charge in [0, 0.05) is 30.8 Å². The first-order valence-electron chi connectivity index (χ1n) is 5.25. The van der Waals surface area contributed by atoms with E-state index >= 15 is 0 Å². The Kier molecular flexibility index (Phi) is 2.84. The summed E-state index contributed by atoms with van der Waals surface area (Å²) in [5.74, 6) is 0. The fourth-order valence-corrected chi connectivity index (χ4v) is 2.06. The van der Waals surface area contributed by atoms with Crippen LogP contribution in [-0.2, 0) is 25.9 Å². The molecule has 0 spiro atoms. The molecule has 1 aliphatic heterocycles. The van der Waals surface area contributed by atoms with Crippen molar-refractivity contribution >= 4 is 0 Å². The summed E-state index contributed by atoms with van der Waals surface area (Å²) in [6.45, 7) is 4.88. The van der Waals surface area contributed by atoms with Crippen LogP contribution >= 0.6 is 0 Å². The van der Waals surface area contributed by atoms with Gasteiger partial charge >= 0.3 is 0 Å². The van der Waals surface area contributed by atoms with E-state index in [0.717, 1.165) is 25.9 Å². The molecule has 0 aromatic carbocycles. The van der Waals surface area contributed by atoms with Gasteiger partial charge in [-0.25, -0.2) is 0 Å². The van der Waals surface area contributed by atoms with Crippen molar-refractivity contribution in [2.45, 2.75) is 32.9 Å². The number of aliphatic hydroxyl groups excluding tert-OH is 1. The third-order valence-corrected chi connectivity index (χ3v) is 2.74. The molecule has 4 heteroatoms. The van der Waals surface area contributed by atoms with Gasteiger partial charge in [0.05, 0.1) is 18.8 Å². The molecule has 0 radical (unpaired) electrons. The lowest BCUT2D eigenvalue weighted by molar-refractivity contribution is 0.266. The molecule has 1 aromatic rings. The number of aryl methyl sites for hydroxylation is 1. The maximum Gasteiger partial charge on any atom is 0.0669 e. The summed E-state index contributed by atoms with van der Waals surface area (Å²) >= 11 is 0. The quantitative estimate of drug-likeness (QED) is 0.718. The van der Waals surface area contributed by atoms with E-state index in [9.17, 15) is 0 Å². The van der Waals surface area contributed by atoms with E-state index < -0.39 is 0 Å². The van der Waals surface area contributed by atoms with Gasteiger partial charge in [-0.2, -0.15) is 5.10 Å². The van der Waals surface area contributed by atoms with E-state index in [1.807, 2.05) is 4.68 Å². The van der Waals surface area contributed by atoms with Gasteiger partial charge in [0.2, 0.25) is 0 Å². The van der Waals surface area contributed by atoms with Crippen molar-refractivity contribution in [1.29, 1.82) is 0 Å². The Morgan fingerprint density at radius 3 is 3.14 bits per heavy atom. The van der Waals surface area contributed by atoms with Gasteiger partial charge < -0.3 is 10.4 Å². The molecule has 0 bridgehead atoms. The van der Waals surface area contributed by atoms with Crippen molar-refractivity contribution in [3.8, 4) is 0 Å². The van der Waals surface area contributed by atoms with Crippen LogP contribution in [0.4, 0.5) is 0 Å². The van der Waals surface area contributed by atoms with Crippen molar-refractivity contribution in [3.05, 3.63) is 17.0 Å². The molecule has 1 aromatic heterocycles. The van der Waals surface area contributed by atoms with Crippen LogP contribution in [0.3, 0.4) is 0 Å². The highest BCUT2D eigenvalue weighted by Gasteiger charge is 2.18. The molecule has 0 atom stereocenters. The molecule has 0 unspecified atom stereocenters. The highest BCUT2D eigenvalue weighted by molar-refractivity contribution is 5.28. The summed E-state index contributed by atoms with van der Waals surface area (Å²) in [5.41, 5.74) is 3.85. The molecular weight excluding hydrogens is 178 g/mol. The van der Waals surface area contributed by atoms with Gasteiger partial charge in [0.25, 0.3) is 0 Å². The standard InChI is InChI=1S/C10H17N3O/c1-2-9-8-7-11-4-3-10(8)13(12-9)5-6-14/h11,14H,2-7H2,1H3. The molecule has 2 N–H and O–H groups in total. The lowest BCUT2D eigenvalue weighted by Crippen LogP contribution is -2.25. The SMILES string of the molecule is CCc1nn(CCO)c2c1CNCC2. The zero-order chi connectivity index (χ0) is 9.97. The molecule has 2 heterocycles. The van der Waals surface area contributed by atoms with E-state index in [1.165, 1.54) is 17.0 Å². The van der Waals surface area contributed by atoms with Gasteiger partial charge in [-0.3, -0.25) is 4.68 Å². The average molecular weight is 195 g/mol. The lowest BCUT2D eigenvalue weighted by Gasteiger charge is -2.15. The number of fused-ring (bicyclic) bond motifs is 1. The van der Waals surface area contributed by atoms with Crippen molar-refractivity contribution in [3.63, 3.8) is 0 Å². The van der Waals surface area contributed by atoms with E-state index in [0.29, 0.717) is 6.54 Å². The zero-order valence-electron chi connectivity index (χ0n) is 8.58. The maximum absolute atomic E-state index is 8.93. The van der Waals surface area contributed by atoms with Gasteiger partial charge in [0.15, 0.2) is 0 Å². The molecule has 0 saturated carbocycles. The van der Waals surface area contributed by atoms with Crippen molar-refractivity contribution in [2.24, 2.45) is 0 Å². The average Bonchev–Trinajstić information content (AvgIpc) is 2.58. The Balaban J connectivity index is 2.36. The largest absolute Gasteiger partial charge is 0.394 e. The van der Waals surface area contributed by atoms with Crippen molar-refractivity contribution in [2.75, 3.05) is 13.2 Å². The Morgan fingerprint density at radius 2 is 2.43 bits per heavy atom. The summed E-state index contributed by atoms with van der Waals surface area (Å²) in [7, 11) is 0. The van der Waals surface area contributed by atoms with Crippen molar-refractivity contribution < 1.29 is 5.11 Å². The van der Waals surface area contributed by atoms with Crippen LogP contribution in [0.15, 0.2) is 0 Å². The van der Waals surface area contributed by atoms with Gasteiger partial charge in [-0.15, -0.1) is 0 Å². The highest BCUT2D eigenvalue weighted by Crippen LogP contribution is 2.18. The first-order valence-corrected chi connectivity index (χ1v) is 5.25. The van der Waals surface area contributed by atoms with Crippen LogP contribution in [0.2, 0.25) is 0 Å². The predicted octanol–water partition coefficient (Wildman–Crippen LogP) is 0.0835. The molecule has 2 rings (SSSR count). The van der Waals surface area contributed by atoms with Crippen molar-refractivity contribution in [1.82, 2.24) is 15.1 Å². The van der Waals surface area contributed by atoms with E-state index in [4.69, 9.17) is 5.11 Å². The Hall–Kier alpha value is -0.870. The Morgan fingerprint density at radius 1 is 1.57 bits per heavy atom. The lowest BCUT2D eigenvalue weighted by atomic mass is 10.1. The van der Waals surface area contributed by atoms with Crippen LogP contribution in [0, 0.1) is 0 Å². The minimum atomic E-state index is 0.171. The molecule has 1 aliphatic rings. The van der Waals surface area contributed by atoms with Crippen LogP contribution in [-0.4, -0.2) is 28.0 Å². The summed E-state index contributed by atoms with van der Waals surface area (Å²) in [6.07, 6.45) is 2.00. The van der Waals surface area contributed by atoms with Gasteiger partial charge in [-0.1, -0.05) is 6.92 Å². The van der Waals surface area contributed by atoms with E-state index in [2.05, 4.69) is 17.3 Å². The molecule has 0 saturated heterocycles. The van der Waals surface area contributed by atoms with Crippen LogP contribution in [0.25, 0.3) is 0 Å². The number of rotatable bonds is 3. The van der Waals surface area contributed by atoms with Gasteiger partial charge in [0.1, 0.15) is 0 Å². The smallest absolute Gasteiger partial charge is 0.0669 e. The summed E-state index contributed by atoms with van der Waals surface area (Å²) in [4.78, 5) is 0. The van der Waals surface area contributed by atoms with E-state index in [-0.39, 0.29) is 6.61 Å². The molecule has 78 valence electrons.